The molecule has 0 spiro atoms. The van der Waals surface area contributed by atoms with Crippen molar-refractivity contribution < 1.29 is 14.3 Å². The molecular formula is C36H49N5O3. The van der Waals surface area contributed by atoms with Crippen LogP contribution in [0.1, 0.15) is 57.9 Å². The van der Waals surface area contributed by atoms with E-state index in [2.05, 4.69) is 69.0 Å². The van der Waals surface area contributed by atoms with Gasteiger partial charge in [-0.25, -0.2) is 0 Å². The zero-order valence-electron chi connectivity index (χ0n) is 27.7. The van der Waals surface area contributed by atoms with E-state index >= 15 is 0 Å². The van der Waals surface area contributed by atoms with E-state index in [0.717, 1.165) is 62.7 Å². The van der Waals surface area contributed by atoms with Gasteiger partial charge in [-0.1, -0.05) is 51.1 Å². The lowest BCUT2D eigenvalue weighted by Crippen LogP contribution is -2.64. The molecule has 1 unspecified atom stereocenters. The average molecular weight is 600 g/mol. The van der Waals surface area contributed by atoms with E-state index in [9.17, 15) is 9.59 Å². The number of amides is 2. The number of carbonyl (C=O) groups is 2. The number of ether oxygens (including phenoxy) is 1. The molecule has 2 aromatic rings. The maximum absolute atomic E-state index is 14.0. The van der Waals surface area contributed by atoms with E-state index in [1.54, 1.807) is 16.8 Å². The minimum absolute atomic E-state index is 0.00783. The fourth-order valence-corrected chi connectivity index (χ4v) is 6.41. The van der Waals surface area contributed by atoms with E-state index in [4.69, 9.17) is 14.7 Å². The number of pyridine rings is 1. The fraction of sp³-hybridized carbons (Fsp3) is 0.556. The first kappa shape index (κ1) is 32.0. The topological polar surface area (TPSA) is 78.3 Å². The third-order valence-corrected chi connectivity index (χ3v) is 9.51. The summed E-state index contributed by atoms with van der Waals surface area (Å²) in [5.41, 5.74) is 6.46. The Morgan fingerprint density at radius 1 is 1.09 bits per heavy atom. The Balaban J connectivity index is 1.30. The van der Waals surface area contributed by atoms with E-state index in [1.807, 2.05) is 20.0 Å². The molecule has 3 aliphatic rings. The number of rotatable bonds is 7. The number of piperazine rings is 1. The molecule has 0 saturated carbocycles. The standard InChI is InChI=1S/C36H49N5O3/c1-25-8-9-26(20-30(25)27-10-11-29(38-23-27)24-40-16-18-44-19-17-40)12-13-37-32-22-28(35(2,3)4)21-31(32)33(42)41-15-14-39(7)34(43)36(41,5)6/h8-11,20-21,23,28H,12-19,22,24H2,1-7H3. The molecule has 2 amide bonds. The van der Waals surface area contributed by atoms with Crippen molar-refractivity contribution in [3.8, 4) is 11.1 Å². The maximum atomic E-state index is 14.0. The molecule has 2 fully saturated rings. The predicted molar refractivity (Wildman–Crippen MR) is 176 cm³/mol. The van der Waals surface area contributed by atoms with Gasteiger partial charge >= 0.3 is 0 Å². The first-order chi connectivity index (χ1) is 20.8. The molecule has 44 heavy (non-hydrogen) atoms. The number of aromatic nitrogens is 1. The van der Waals surface area contributed by atoms with Crippen LogP contribution in [0.3, 0.4) is 0 Å². The van der Waals surface area contributed by atoms with Gasteiger partial charge in [-0.15, -0.1) is 0 Å². The first-order valence-corrected chi connectivity index (χ1v) is 16.0. The normalized spacial score (nSPS) is 22.1. The van der Waals surface area contributed by atoms with Gasteiger partial charge in [0, 0.05) is 63.8 Å². The highest BCUT2D eigenvalue weighted by molar-refractivity contribution is 6.23. The molecular weight excluding hydrogens is 550 g/mol. The lowest BCUT2D eigenvalue weighted by molar-refractivity contribution is -0.155. The van der Waals surface area contributed by atoms with Gasteiger partial charge < -0.3 is 14.5 Å². The van der Waals surface area contributed by atoms with Crippen LogP contribution in [0.15, 0.2) is 53.2 Å². The number of nitrogens with zero attached hydrogens (tertiary/aromatic N) is 5. The third-order valence-electron chi connectivity index (χ3n) is 9.51. The molecule has 1 aromatic carbocycles. The average Bonchev–Trinajstić information content (AvgIpc) is 3.43. The van der Waals surface area contributed by atoms with Gasteiger partial charge in [0.15, 0.2) is 0 Å². The molecule has 2 saturated heterocycles. The van der Waals surface area contributed by atoms with Crippen LogP contribution in [-0.4, -0.2) is 95.7 Å². The van der Waals surface area contributed by atoms with E-state index in [1.165, 1.54) is 16.7 Å². The van der Waals surface area contributed by atoms with Gasteiger partial charge in [-0.3, -0.25) is 24.5 Å². The zero-order valence-corrected chi connectivity index (χ0v) is 27.7. The molecule has 0 radical (unpaired) electrons. The molecule has 0 N–H and O–H groups in total. The van der Waals surface area contributed by atoms with Crippen molar-refractivity contribution >= 4 is 17.5 Å². The molecule has 5 rings (SSSR count). The Morgan fingerprint density at radius 2 is 1.84 bits per heavy atom. The minimum atomic E-state index is -0.885. The summed E-state index contributed by atoms with van der Waals surface area (Å²) in [6.07, 6.45) is 5.62. The number of aryl methyl sites for hydroxylation is 1. The van der Waals surface area contributed by atoms with E-state index in [-0.39, 0.29) is 23.1 Å². The van der Waals surface area contributed by atoms with Crippen LogP contribution in [0.4, 0.5) is 0 Å². The highest BCUT2D eigenvalue weighted by atomic mass is 16.5. The Hall–Kier alpha value is -3.36. The van der Waals surface area contributed by atoms with Gasteiger partial charge in [0.1, 0.15) is 5.54 Å². The van der Waals surface area contributed by atoms with Gasteiger partial charge in [-0.05, 0) is 67.7 Å². The minimum Gasteiger partial charge on any atom is -0.379 e. The number of hydrogen-bond donors (Lipinski definition) is 0. The molecule has 8 nitrogen and oxygen atoms in total. The monoisotopic (exact) mass is 599 g/mol. The number of carbonyl (C=O) groups excluding carboxylic acids is 2. The smallest absolute Gasteiger partial charge is 0.256 e. The highest BCUT2D eigenvalue weighted by Gasteiger charge is 2.45. The number of morpholine rings is 1. The van der Waals surface area contributed by atoms with Crippen LogP contribution in [-0.2, 0) is 27.3 Å². The number of aliphatic imine (C=N–C) groups is 1. The van der Waals surface area contributed by atoms with Crippen molar-refractivity contribution in [1.29, 1.82) is 0 Å². The summed E-state index contributed by atoms with van der Waals surface area (Å²) in [6.45, 7) is 18.4. The molecule has 1 aliphatic carbocycles. The fourth-order valence-electron chi connectivity index (χ4n) is 6.41. The molecule has 0 bridgehead atoms. The summed E-state index contributed by atoms with van der Waals surface area (Å²) < 4.78 is 5.47. The Morgan fingerprint density at radius 3 is 2.52 bits per heavy atom. The molecule has 3 heterocycles. The second kappa shape index (κ2) is 12.9. The van der Waals surface area contributed by atoms with Crippen molar-refractivity contribution in [2.75, 3.05) is 53.0 Å². The Bertz CT molecular complexity index is 1430. The number of benzene rings is 1. The van der Waals surface area contributed by atoms with Gasteiger partial charge in [-0.2, -0.15) is 0 Å². The van der Waals surface area contributed by atoms with Gasteiger partial charge in [0.05, 0.1) is 24.5 Å². The van der Waals surface area contributed by atoms with Crippen LogP contribution in [0, 0.1) is 18.3 Å². The van der Waals surface area contributed by atoms with Crippen LogP contribution in [0.2, 0.25) is 0 Å². The Kier molecular flexibility index (Phi) is 9.42. The van der Waals surface area contributed by atoms with Gasteiger partial charge in [0.2, 0.25) is 5.91 Å². The summed E-state index contributed by atoms with van der Waals surface area (Å²) >= 11 is 0. The van der Waals surface area contributed by atoms with Crippen molar-refractivity contribution in [2.45, 2.75) is 66.5 Å². The first-order valence-electron chi connectivity index (χ1n) is 16.0. The maximum Gasteiger partial charge on any atom is 0.256 e. The third kappa shape index (κ3) is 6.97. The van der Waals surface area contributed by atoms with Crippen molar-refractivity contribution in [2.24, 2.45) is 16.3 Å². The summed E-state index contributed by atoms with van der Waals surface area (Å²) in [6, 6.07) is 10.9. The van der Waals surface area contributed by atoms with Crippen molar-refractivity contribution in [3.05, 3.63) is 65.0 Å². The lowest BCUT2D eigenvalue weighted by atomic mass is 9.80. The number of allylic oxidation sites excluding steroid dienone is 1. The van der Waals surface area contributed by atoms with Crippen LogP contribution < -0.4 is 0 Å². The largest absolute Gasteiger partial charge is 0.379 e. The highest BCUT2D eigenvalue weighted by Crippen LogP contribution is 2.38. The summed E-state index contributed by atoms with van der Waals surface area (Å²) in [5.74, 6) is 0.110. The van der Waals surface area contributed by atoms with Gasteiger partial charge in [0.25, 0.3) is 5.91 Å². The van der Waals surface area contributed by atoms with Crippen molar-refractivity contribution in [1.82, 2.24) is 19.7 Å². The molecule has 2 aliphatic heterocycles. The SMILES string of the molecule is Cc1ccc(CCN=C2CC(C(C)(C)C)C=C2C(=O)N2CCN(C)C(=O)C2(C)C)cc1-c1ccc(CN2CCOCC2)nc1. The molecule has 1 atom stereocenters. The molecule has 8 heteroatoms. The summed E-state index contributed by atoms with van der Waals surface area (Å²) in [5, 5.41) is 0. The van der Waals surface area contributed by atoms with E-state index in [0.29, 0.717) is 25.2 Å². The van der Waals surface area contributed by atoms with Crippen molar-refractivity contribution in [3.63, 3.8) is 0 Å². The quantitative estimate of drug-likeness (QED) is 0.451. The van der Waals surface area contributed by atoms with E-state index < -0.39 is 5.54 Å². The second-order valence-corrected chi connectivity index (χ2v) is 14.2. The van der Waals surface area contributed by atoms with Crippen LogP contribution >= 0.6 is 0 Å². The van der Waals surface area contributed by atoms with Crippen LogP contribution in [0.25, 0.3) is 11.1 Å². The molecule has 236 valence electrons. The summed E-state index contributed by atoms with van der Waals surface area (Å²) in [4.78, 5) is 42.5. The van der Waals surface area contributed by atoms with Crippen LogP contribution in [0.5, 0.6) is 0 Å². The number of hydrogen-bond acceptors (Lipinski definition) is 6. The zero-order chi connectivity index (χ0) is 31.6. The summed E-state index contributed by atoms with van der Waals surface area (Å²) in [7, 11) is 1.80. The lowest BCUT2D eigenvalue weighted by Gasteiger charge is -2.44. The predicted octanol–water partition coefficient (Wildman–Crippen LogP) is 4.94. The molecule has 1 aromatic heterocycles. The number of likely N-dealkylation sites (N-methyl/N-ethyl adjacent to an activating group) is 1. The Labute approximate surface area is 263 Å². The second-order valence-electron chi connectivity index (χ2n) is 14.2.